The molecule has 0 amide bonds. The SMILES string of the molecule is CC(C)(O)C#Cc1cccc(C(=O)O)c1N1C=CCC1. The van der Waals surface area contributed by atoms with E-state index < -0.39 is 11.6 Å². The molecule has 0 aliphatic carbocycles. The van der Waals surface area contributed by atoms with Crippen LogP contribution >= 0.6 is 0 Å². The van der Waals surface area contributed by atoms with Crippen molar-refractivity contribution in [2.75, 3.05) is 11.4 Å². The minimum absolute atomic E-state index is 0.221. The lowest BCUT2D eigenvalue weighted by molar-refractivity contribution is 0.0697. The normalized spacial score (nSPS) is 14.1. The second-order valence-electron chi connectivity index (χ2n) is 5.18. The van der Waals surface area contributed by atoms with Gasteiger partial charge in [0.2, 0.25) is 0 Å². The summed E-state index contributed by atoms with van der Waals surface area (Å²) in [4.78, 5) is 13.3. The molecule has 2 N–H and O–H groups in total. The summed E-state index contributed by atoms with van der Waals surface area (Å²) in [7, 11) is 0. The van der Waals surface area contributed by atoms with Gasteiger partial charge in [0, 0.05) is 18.3 Å². The summed E-state index contributed by atoms with van der Waals surface area (Å²) in [5, 5.41) is 19.0. The summed E-state index contributed by atoms with van der Waals surface area (Å²) in [5.41, 5.74) is 0.306. The van der Waals surface area contributed by atoms with Crippen LogP contribution in [0.25, 0.3) is 0 Å². The molecule has 0 radical (unpaired) electrons. The van der Waals surface area contributed by atoms with E-state index in [1.54, 1.807) is 32.0 Å². The van der Waals surface area contributed by atoms with Crippen molar-refractivity contribution in [3.8, 4) is 11.8 Å². The molecule has 0 spiro atoms. The Morgan fingerprint density at radius 2 is 2.15 bits per heavy atom. The van der Waals surface area contributed by atoms with E-state index in [1.807, 2.05) is 17.2 Å². The number of nitrogens with zero attached hydrogens (tertiary/aromatic N) is 1. The molecule has 0 aromatic heterocycles. The van der Waals surface area contributed by atoms with E-state index in [4.69, 9.17) is 0 Å². The van der Waals surface area contributed by atoms with Crippen molar-refractivity contribution in [1.82, 2.24) is 0 Å². The Balaban J connectivity index is 2.55. The molecule has 1 aromatic rings. The highest BCUT2D eigenvalue weighted by Crippen LogP contribution is 2.28. The molecule has 2 rings (SSSR count). The van der Waals surface area contributed by atoms with Gasteiger partial charge in [-0.1, -0.05) is 24.0 Å². The van der Waals surface area contributed by atoms with Gasteiger partial charge in [-0.3, -0.25) is 0 Å². The Labute approximate surface area is 118 Å². The second kappa shape index (κ2) is 5.40. The van der Waals surface area contributed by atoms with Crippen LogP contribution in [-0.4, -0.2) is 28.3 Å². The van der Waals surface area contributed by atoms with E-state index in [0.717, 1.165) is 13.0 Å². The third-order valence-corrected chi connectivity index (χ3v) is 2.88. The van der Waals surface area contributed by atoms with Crippen molar-refractivity contribution < 1.29 is 15.0 Å². The lowest BCUT2D eigenvalue weighted by Gasteiger charge is -2.20. The summed E-state index contributed by atoms with van der Waals surface area (Å²) in [5.74, 6) is 4.64. The molecule has 0 saturated carbocycles. The average molecular weight is 271 g/mol. The predicted octanol–water partition coefficient (Wildman–Crippen LogP) is 2.23. The minimum Gasteiger partial charge on any atom is -0.478 e. The van der Waals surface area contributed by atoms with Crippen molar-refractivity contribution in [1.29, 1.82) is 0 Å². The Morgan fingerprint density at radius 1 is 1.40 bits per heavy atom. The van der Waals surface area contributed by atoms with Crippen molar-refractivity contribution in [3.63, 3.8) is 0 Å². The number of carboxylic acid groups (broad SMARTS) is 1. The number of aliphatic hydroxyl groups is 1. The lowest BCUT2D eigenvalue weighted by atomic mass is 10.0. The zero-order valence-electron chi connectivity index (χ0n) is 11.6. The van der Waals surface area contributed by atoms with Gasteiger partial charge in [0.05, 0.1) is 11.3 Å². The van der Waals surface area contributed by atoms with Crippen LogP contribution in [0.15, 0.2) is 30.5 Å². The maximum atomic E-state index is 11.4. The topological polar surface area (TPSA) is 60.8 Å². The van der Waals surface area contributed by atoms with Gasteiger partial charge in [-0.15, -0.1) is 0 Å². The second-order valence-corrected chi connectivity index (χ2v) is 5.18. The number of carbonyl (C=O) groups is 1. The van der Waals surface area contributed by atoms with Crippen molar-refractivity contribution in [3.05, 3.63) is 41.6 Å². The van der Waals surface area contributed by atoms with Crippen LogP contribution in [0.1, 0.15) is 36.2 Å². The van der Waals surface area contributed by atoms with Gasteiger partial charge in [-0.25, -0.2) is 4.79 Å². The minimum atomic E-state index is -1.11. The first-order valence-corrected chi connectivity index (χ1v) is 6.43. The van der Waals surface area contributed by atoms with Gasteiger partial charge in [0.1, 0.15) is 5.60 Å². The quantitative estimate of drug-likeness (QED) is 0.810. The van der Waals surface area contributed by atoms with E-state index in [-0.39, 0.29) is 5.56 Å². The zero-order chi connectivity index (χ0) is 14.8. The molecule has 4 nitrogen and oxygen atoms in total. The van der Waals surface area contributed by atoms with Crippen LogP contribution in [-0.2, 0) is 0 Å². The van der Waals surface area contributed by atoms with Gasteiger partial charge in [-0.05, 0) is 32.4 Å². The smallest absolute Gasteiger partial charge is 0.337 e. The fraction of sp³-hybridized carbons (Fsp3) is 0.312. The molecule has 4 heteroatoms. The van der Waals surface area contributed by atoms with E-state index in [0.29, 0.717) is 11.3 Å². The first-order chi connectivity index (χ1) is 9.38. The molecule has 0 fully saturated rings. The van der Waals surface area contributed by atoms with Crippen LogP contribution in [0.3, 0.4) is 0 Å². The van der Waals surface area contributed by atoms with E-state index >= 15 is 0 Å². The molecule has 0 saturated heterocycles. The van der Waals surface area contributed by atoms with Crippen LogP contribution in [0.4, 0.5) is 5.69 Å². The highest BCUT2D eigenvalue weighted by atomic mass is 16.4. The van der Waals surface area contributed by atoms with Crippen LogP contribution < -0.4 is 4.90 Å². The molecule has 1 aliphatic heterocycles. The molecule has 1 aliphatic rings. The Morgan fingerprint density at radius 3 is 2.70 bits per heavy atom. The van der Waals surface area contributed by atoms with Crippen molar-refractivity contribution in [2.24, 2.45) is 0 Å². The van der Waals surface area contributed by atoms with Gasteiger partial charge >= 0.3 is 5.97 Å². The Bertz CT molecular complexity index is 615. The summed E-state index contributed by atoms with van der Waals surface area (Å²) < 4.78 is 0. The molecule has 0 unspecified atom stereocenters. The third kappa shape index (κ3) is 3.19. The fourth-order valence-corrected chi connectivity index (χ4v) is 2.02. The Kier molecular flexibility index (Phi) is 3.82. The van der Waals surface area contributed by atoms with E-state index in [9.17, 15) is 15.0 Å². The summed E-state index contributed by atoms with van der Waals surface area (Å²) in [6.45, 7) is 3.93. The first-order valence-electron chi connectivity index (χ1n) is 6.43. The molecule has 0 atom stereocenters. The number of hydrogen-bond donors (Lipinski definition) is 2. The van der Waals surface area contributed by atoms with Crippen LogP contribution in [0.5, 0.6) is 0 Å². The number of carboxylic acids is 1. The van der Waals surface area contributed by atoms with Crippen molar-refractivity contribution in [2.45, 2.75) is 25.9 Å². The number of anilines is 1. The summed E-state index contributed by atoms with van der Waals surface area (Å²) in [6.07, 6.45) is 4.75. The number of rotatable bonds is 2. The van der Waals surface area contributed by atoms with E-state index in [1.165, 1.54) is 0 Å². The molecule has 1 heterocycles. The summed E-state index contributed by atoms with van der Waals surface area (Å²) >= 11 is 0. The van der Waals surface area contributed by atoms with Gasteiger partial charge in [0.15, 0.2) is 0 Å². The number of hydrogen-bond acceptors (Lipinski definition) is 3. The largest absolute Gasteiger partial charge is 0.478 e. The molecule has 0 bridgehead atoms. The van der Waals surface area contributed by atoms with E-state index in [2.05, 4.69) is 11.8 Å². The fourth-order valence-electron chi connectivity index (χ4n) is 2.02. The average Bonchev–Trinajstić information content (AvgIpc) is 2.88. The molecular weight excluding hydrogens is 254 g/mol. The molecule has 1 aromatic carbocycles. The molecule has 20 heavy (non-hydrogen) atoms. The highest BCUT2D eigenvalue weighted by molar-refractivity contribution is 5.96. The number of benzene rings is 1. The number of para-hydroxylation sites is 1. The van der Waals surface area contributed by atoms with Crippen molar-refractivity contribution >= 4 is 11.7 Å². The maximum Gasteiger partial charge on any atom is 0.337 e. The number of aromatic carboxylic acids is 1. The first kappa shape index (κ1) is 14.2. The van der Waals surface area contributed by atoms with Crippen LogP contribution in [0.2, 0.25) is 0 Å². The third-order valence-electron chi connectivity index (χ3n) is 2.88. The van der Waals surface area contributed by atoms with Gasteiger partial charge in [-0.2, -0.15) is 0 Å². The highest BCUT2D eigenvalue weighted by Gasteiger charge is 2.19. The van der Waals surface area contributed by atoms with Gasteiger partial charge < -0.3 is 15.1 Å². The Hall–Kier alpha value is -2.25. The predicted molar refractivity (Wildman–Crippen MR) is 77.7 cm³/mol. The molecule has 104 valence electrons. The standard InChI is InChI=1S/C16H17NO3/c1-16(2,20)9-8-12-6-5-7-13(15(18)19)14(12)17-10-3-4-11-17/h3,5-7,10,20H,4,11H2,1-2H3,(H,18,19). The lowest BCUT2D eigenvalue weighted by Crippen LogP contribution is -2.18. The maximum absolute atomic E-state index is 11.4. The zero-order valence-corrected chi connectivity index (χ0v) is 11.6. The summed E-state index contributed by atoms with van der Waals surface area (Å²) in [6, 6.07) is 5.01. The van der Waals surface area contributed by atoms with Gasteiger partial charge in [0.25, 0.3) is 0 Å². The van der Waals surface area contributed by atoms with Crippen LogP contribution in [0, 0.1) is 11.8 Å². The molecular formula is C16H17NO3. The monoisotopic (exact) mass is 271 g/mol.